The lowest BCUT2D eigenvalue weighted by Gasteiger charge is -2.16. The number of hydrogen-bond acceptors (Lipinski definition) is 5. The normalized spacial score (nSPS) is 11.7. The highest BCUT2D eigenvalue weighted by Crippen LogP contribution is 2.17. The molecule has 1 aromatic carbocycles. The molecule has 0 aliphatic rings. The van der Waals surface area contributed by atoms with Gasteiger partial charge in [-0.2, -0.15) is 4.31 Å². The number of aliphatic carboxylic acids is 1. The molecule has 0 saturated carbocycles. The molecule has 1 N–H and O–H groups in total. The van der Waals surface area contributed by atoms with E-state index in [-0.39, 0.29) is 17.9 Å². The predicted molar refractivity (Wildman–Crippen MR) is 78.5 cm³/mol. The zero-order chi connectivity index (χ0) is 15.5. The van der Waals surface area contributed by atoms with Gasteiger partial charge in [0, 0.05) is 12.4 Å². The molecule has 0 aliphatic carbocycles. The van der Waals surface area contributed by atoms with Crippen molar-refractivity contribution < 1.29 is 18.3 Å². The van der Waals surface area contributed by atoms with E-state index in [9.17, 15) is 13.2 Å². The van der Waals surface area contributed by atoms with Gasteiger partial charge in [0.1, 0.15) is 0 Å². The molecule has 21 heavy (non-hydrogen) atoms. The van der Waals surface area contributed by atoms with E-state index < -0.39 is 16.0 Å². The average molecular weight is 326 g/mol. The van der Waals surface area contributed by atoms with Crippen LogP contribution in [-0.2, 0) is 27.8 Å². The fourth-order valence-electron chi connectivity index (χ4n) is 1.76. The van der Waals surface area contributed by atoms with Gasteiger partial charge in [-0.3, -0.25) is 4.79 Å². The average Bonchev–Trinajstić information content (AvgIpc) is 2.91. The van der Waals surface area contributed by atoms with Crippen LogP contribution >= 0.6 is 11.3 Å². The molecular formula is C13H14N2O4S2. The molecule has 2 rings (SSSR count). The molecule has 0 aliphatic heterocycles. The first-order chi connectivity index (χ1) is 9.89. The minimum Gasteiger partial charge on any atom is -0.481 e. The fourth-order valence-corrected chi connectivity index (χ4v) is 3.45. The topological polar surface area (TPSA) is 87.6 Å². The van der Waals surface area contributed by atoms with Gasteiger partial charge in [-0.05, 0) is 17.7 Å². The summed E-state index contributed by atoms with van der Waals surface area (Å²) in [5.41, 5.74) is 2.90. The van der Waals surface area contributed by atoms with Gasteiger partial charge in [0.05, 0.1) is 29.1 Å². The number of carboxylic acid groups (broad SMARTS) is 1. The monoisotopic (exact) mass is 326 g/mol. The van der Waals surface area contributed by atoms with Crippen LogP contribution in [0.4, 0.5) is 0 Å². The van der Waals surface area contributed by atoms with E-state index in [1.54, 1.807) is 10.9 Å². The Morgan fingerprint density at radius 1 is 1.33 bits per heavy atom. The molecule has 8 heteroatoms. The van der Waals surface area contributed by atoms with Gasteiger partial charge >= 0.3 is 5.97 Å². The van der Waals surface area contributed by atoms with E-state index in [0.717, 1.165) is 0 Å². The molecule has 0 saturated heterocycles. The summed E-state index contributed by atoms with van der Waals surface area (Å²) < 4.78 is 26.0. The summed E-state index contributed by atoms with van der Waals surface area (Å²) in [6, 6.07) is 5.87. The van der Waals surface area contributed by atoms with Crippen LogP contribution in [0.2, 0.25) is 0 Å². The number of benzene rings is 1. The van der Waals surface area contributed by atoms with E-state index in [4.69, 9.17) is 5.11 Å². The van der Waals surface area contributed by atoms with Crippen LogP contribution < -0.4 is 0 Å². The van der Waals surface area contributed by atoms with Crippen LogP contribution in [0.15, 0.2) is 40.1 Å². The first-order valence-electron chi connectivity index (χ1n) is 6.04. The van der Waals surface area contributed by atoms with E-state index in [2.05, 4.69) is 4.98 Å². The molecule has 6 nitrogen and oxygen atoms in total. The zero-order valence-corrected chi connectivity index (χ0v) is 12.9. The maximum absolute atomic E-state index is 12.4. The van der Waals surface area contributed by atoms with Crippen LogP contribution in [0.1, 0.15) is 11.3 Å². The van der Waals surface area contributed by atoms with Gasteiger partial charge in [0.25, 0.3) is 0 Å². The smallest absolute Gasteiger partial charge is 0.307 e. The SMILES string of the molecule is CN(Cc1cscn1)S(=O)(=O)c1ccc(CC(=O)O)cc1. The summed E-state index contributed by atoms with van der Waals surface area (Å²) in [6.07, 6.45) is -0.130. The van der Waals surface area contributed by atoms with Crippen LogP contribution in [0.5, 0.6) is 0 Å². The highest BCUT2D eigenvalue weighted by atomic mass is 32.2. The summed E-state index contributed by atoms with van der Waals surface area (Å²) in [4.78, 5) is 14.8. The lowest BCUT2D eigenvalue weighted by atomic mass is 10.2. The van der Waals surface area contributed by atoms with E-state index in [0.29, 0.717) is 11.3 Å². The molecule has 1 aromatic heterocycles. The van der Waals surface area contributed by atoms with Gasteiger partial charge < -0.3 is 5.11 Å². The summed E-state index contributed by atoms with van der Waals surface area (Å²) in [5.74, 6) is -0.953. The van der Waals surface area contributed by atoms with Crippen molar-refractivity contribution in [2.75, 3.05) is 7.05 Å². The molecule has 2 aromatic rings. The fraction of sp³-hybridized carbons (Fsp3) is 0.231. The lowest BCUT2D eigenvalue weighted by Crippen LogP contribution is -2.26. The number of sulfonamides is 1. The summed E-state index contributed by atoms with van der Waals surface area (Å²) in [7, 11) is -2.12. The molecule has 0 fully saturated rings. The Kier molecular flexibility index (Phi) is 4.71. The highest BCUT2D eigenvalue weighted by molar-refractivity contribution is 7.89. The second-order valence-electron chi connectivity index (χ2n) is 4.46. The molecule has 0 radical (unpaired) electrons. The number of rotatable bonds is 6. The van der Waals surface area contributed by atoms with E-state index in [1.807, 2.05) is 0 Å². The molecule has 112 valence electrons. The minimum atomic E-state index is -3.61. The third-order valence-corrected chi connectivity index (χ3v) is 5.31. The largest absolute Gasteiger partial charge is 0.481 e. The minimum absolute atomic E-state index is 0.130. The van der Waals surface area contributed by atoms with Gasteiger partial charge in [-0.25, -0.2) is 13.4 Å². The number of aromatic nitrogens is 1. The summed E-state index contributed by atoms with van der Waals surface area (Å²) in [6.45, 7) is 0.197. The van der Waals surface area contributed by atoms with Crippen LogP contribution in [0.3, 0.4) is 0 Å². The van der Waals surface area contributed by atoms with Crippen molar-refractivity contribution in [3.05, 3.63) is 46.4 Å². The Hall–Kier alpha value is -1.77. The van der Waals surface area contributed by atoms with Crippen molar-refractivity contribution in [3.8, 4) is 0 Å². The maximum Gasteiger partial charge on any atom is 0.307 e. The maximum atomic E-state index is 12.4. The number of hydrogen-bond donors (Lipinski definition) is 1. The quantitative estimate of drug-likeness (QED) is 0.871. The van der Waals surface area contributed by atoms with Gasteiger partial charge in [-0.15, -0.1) is 11.3 Å². The Morgan fingerprint density at radius 2 is 2.00 bits per heavy atom. The van der Waals surface area contributed by atoms with Crippen molar-refractivity contribution in [1.82, 2.24) is 9.29 Å². The zero-order valence-electron chi connectivity index (χ0n) is 11.3. The van der Waals surface area contributed by atoms with E-state index in [1.165, 1.54) is 47.0 Å². The Balaban J connectivity index is 2.16. The number of thiazole rings is 1. The van der Waals surface area contributed by atoms with Crippen molar-refractivity contribution in [2.24, 2.45) is 0 Å². The molecule has 0 bridgehead atoms. The number of carbonyl (C=O) groups is 1. The molecular weight excluding hydrogens is 312 g/mol. The lowest BCUT2D eigenvalue weighted by molar-refractivity contribution is -0.136. The van der Waals surface area contributed by atoms with Gasteiger partial charge in [0.15, 0.2) is 0 Å². The van der Waals surface area contributed by atoms with Crippen LogP contribution in [0, 0.1) is 0 Å². The van der Waals surface area contributed by atoms with Crippen molar-refractivity contribution >= 4 is 27.3 Å². The van der Waals surface area contributed by atoms with Crippen LogP contribution in [0.25, 0.3) is 0 Å². The van der Waals surface area contributed by atoms with Crippen molar-refractivity contribution in [1.29, 1.82) is 0 Å². The number of nitrogens with zero attached hydrogens (tertiary/aromatic N) is 2. The van der Waals surface area contributed by atoms with Crippen molar-refractivity contribution in [3.63, 3.8) is 0 Å². The van der Waals surface area contributed by atoms with E-state index >= 15 is 0 Å². The Labute approximate surface area is 126 Å². The van der Waals surface area contributed by atoms with Crippen molar-refractivity contribution in [2.45, 2.75) is 17.9 Å². The van der Waals surface area contributed by atoms with Gasteiger partial charge in [-0.1, -0.05) is 12.1 Å². The summed E-state index contributed by atoms with van der Waals surface area (Å²) in [5, 5.41) is 10.5. The Bertz CT molecular complexity index is 709. The second-order valence-corrected chi connectivity index (χ2v) is 7.22. The predicted octanol–water partition coefficient (Wildman–Crippen LogP) is 1.59. The number of carboxylic acids is 1. The molecule has 0 atom stereocenters. The molecule has 1 heterocycles. The van der Waals surface area contributed by atoms with Gasteiger partial charge in [0.2, 0.25) is 10.0 Å². The highest BCUT2D eigenvalue weighted by Gasteiger charge is 2.21. The summed E-state index contributed by atoms with van der Waals surface area (Å²) >= 11 is 1.41. The third-order valence-electron chi connectivity index (χ3n) is 2.86. The molecule has 0 amide bonds. The first-order valence-corrected chi connectivity index (χ1v) is 8.42. The second kappa shape index (κ2) is 6.33. The van der Waals surface area contributed by atoms with Crippen LogP contribution in [-0.4, -0.2) is 35.8 Å². The third kappa shape index (κ3) is 3.87. The first kappa shape index (κ1) is 15.6. The molecule has 0 unspecified atom stereocenters. The standard InChI is InChI=1S/C13H14N2O4S2/c1-15(7-11-8-20-9-14-11)21(18,19)12-4-2-10(3-5-12)6-13(16)17/h2-5,8-9H,6-7H2,1H3,(H,16,17). The molecule has 0 spiro atoms. The Morgan fingerprint density at radius 3 is 2.52 bits per heavy atom.